The molecule has 0 atom stereocenters. The van der Waals surface area contributed by atoms with Crippen molar-refractivity contribution in [3.8, 4) is 0 Å². The Labute approximate surface area is 116 Å². The standard InChI is InChI=1S/C14H16FN3S/c1-9-7-10(2)18-14(17-9)19-13-4-3-11(5-6-16)8-12(13)15/h3-4,7-8H,5-6,16H2,1-2H3. The van der Waals surface area contributed by atoms with Gasteiger partial charge in [0, 0.05) is 11.4 Å². The van der Waals surface area contributed by atoms with Crippen LogP contribution in [0, 0.1) is 19.7 Å². The van der Waals surface area contributed by atoms with Crippen LogP contribution >= 0.6 is 11.8 Å². The molecule has 2 rings (SSSR count). The molecule has 1 aromatic carbocycles. The molecule has 100 valence electrons. The molecular formula is C14H16FN3S. The second-order valence-electron chi connectivity index (χ2n) is 4.34. The summed E-state index contributed by atoms with van der Waals surface area (Å²) in [5.41, 5.74) is 8.13. The number of halogens is 1. The second kappa shape index (κ2) is 6.12. The minimum absolute atomic E-state index is 0.251. The smallest absolute Gasteiger partial charge is 0.192 e. The van der Waals surface area contributed by atoms with E-state index >= 15 is 0 Å². The molecule has 0 unspecified atom stereocenters. The Morgan fingerprint density at radius 2 is 1.84 bits per heavy atom. The van der Waals surface area contributed by atoms with Gasteiger partial charge in [-0.1, -0.05) is 6.07 Å². The number of hydrogen-bond acceptors (Lipinski definition) is 4. The summed E-state index contributed by atoms with van der Waals surface area (Å²) in [5, 5.41) is 0.572. The molecule has 1 aromatic heterocycles. The molecule has 2 N–H and O–H groups in total. The van der Waals surface area contributed by atoms with Crippen LogP contribution in [0.25, 0.3) is 0 Å². The quantitative estimate of drug-likeness (QED) is 0.873. The Hall–Kier alpha value is -1.46. The average Bonchev–Trinajstić information content (AvgIpc) is 2.32. The van der Waals surface area contributed by atoms with Gasteiger partial charge in [0.15, 0.2) is 5.16 Å². The van der Waals surface area contributed by atoms with Gasteiger partial charge in [0.25, 0.3) is 0 Å². The Bertz CT molecular complexity index is 567. The Morgan fingerprint density at radius 1 is 1.16 bits per heavy atom. The van der Waals surface area contributed by atoms with Crippen LogP contribution in [0.4, 0.5) is 4.39 Å². The van der Waals surface area contributed by atoms with Crippen LogP contribution in [0.15, 0.2) is 34.3 Å². The molecule has 19 heavy (non-hydrogen) atoms. The van der Waals surface area contributed by atoms with Crippen molar-refractivity contribution in [2.45, 2.75) is 30.3 Å². The third-order valence-corrected chi connectivity index (χ3v) is 3.51. The molecule has 0 aliphatic rings. The molecule has 3 nitrogen and oxygen atoms in total. The molecule has 1 heterocycles. The monoisotopic (exact) mass is 277 g/mol. The largest absolute Gasteiger partial charge is 0.330 e. The molecule has 0 radical (unpaired) electrons. The minimum atomic E-state index is -0.251. The first-order valence-corrected chi connectivity index (χ1v) is 6.89. The molecule has 0 aliphatic carbocycles. The minimum Gasteiger partial charge on any atom is -0.330 e. The van der Waals surface area contributed by atoms with Gasteiger partial charge < -0.3 is 5.73 Å². The fourth-order valence-electron chi connectivity index (χ4n) is 1.79. The lowest BCUT2D eigenvalue weighted by molar-refractivity contribution is 0.599. The molecule has 0 amide bonds. The second-order valence-corrected chi connectivity index (χ2v) is 5.35. The zero-order chi connectivity index (χ0) is 13.8. The summed E-state index contributed by atoms with van der Waals surface area (Å²) in [7, 11) is 0. The lowest BCUT2D eigenvalue weighted by Gasteiger charge is -2.06. The Kier molecular flexibility index (Phi) is 4.50. The van der Waals surface area contributed by atoms with E-state index in [9.17, 15) is 4.39 Å². The van der Waals surface area contributed by atoms with Crippen molar-refractivity contribution < 1.29 is 4.39 Å². The van der Waals surface area contributed by atoms with Gasteiger partial charge in [0.05, 0.1) is 4.90 Å². The third-order valence-electron chi connectivity index (χ3n) is 2.59. The molecule has 2 aromatic rings. The highest BCUT2D eigenvalue weighted by Crippen LogP contribution is 2.28. The SMILES string of the molecule is Cc1cc(C)nc(Sc2ccc(CCN)cc2F)n1. The molecule has 0 bridgehead atoms. The van der Waals surface area contributed by atoms with Crippen LogP contribution in [0.3, 0.4) is 0 Å². The van der Waals surface area contributed by atoms with E-state index in [1.54, 1.807) is 6.07 Å². The maximum Gasteiger partial charge on any atom is 0.192 e. The zero-order valence-corrected chi connectivity index (χ0v) is 11.8. The molecule has 0 aliphatic heterocycles. The molecule has 0 saturated carbocycles. The third kappa shape index (κ3) is 3.75. The summed E-state index contributed by atoms with van der Waals surface area (Å²) >= 11 is 1.24. The van der Waals surface area contributed by atoms with E-state index < -0.39 is 0 Å². The lowest BCUT2D eigenvalue weighted by atomic mass is 10.1. The van der Waals surface area contributed by atoms with Gasteiger partial charge >= 0.3 is 0 Å². The summed E-state index contributed by atoms with van der Waals surface area (Å²) in [5.74, 6) is -0.251. The predicted octanol–water partition coefficient (Wildman–Crippen LogP) is 2.88. The van der Waals surface area contributed by atoms with E-state index in [1.165, 1.54) is 17.8 Å². The summed E-state index contributed by atoms with van der Waals surface area (Å²) < 4.78 is 13.9. The van der Waals surface area contributed by atoms with E-state index in [0.29, 0.717) is 23.0 Å². The van der Waals surface area contributed by atoms with Crippen molar-refractivity contribution in [3.05, 3.63) is 47.0 Å². The van der Waals surface area contributed by atoms with Gasteiger partial charge in [-0.2, -0.15) is 0 Å². The van der Waals surface area contributed by atoms with Crippen LogP contribution < -0.4 is 5.73 Å². The first kappa shape index (κ1) is 14.0. The molecule has 0 saturated heterocycles. The highest BCUT2D eigenvalue weighted by Gasteiger charge is 2.08. The molecule has 0 spiro atoms. The van der Waals surface area contributed by atoms with Gasteiger partial charge in [0.2, 0.25) is 0 Å². The van der Waals surface area contributed by atoms with Gasteiger partial charge in [-0.25, -0.2) is 14.4 Å². The van der Waals surface area contributed by atoms with E-state index in [2.05, 4.69) is 9.97 Å². The average molecular weight is 277 g/mol. The number of nitrogens with zero attached hydrogens (tertiary/aromatic N) is 2. The van der Waals surface area contributed by atoms with Crippen LogP contribution in [-0.4, -0.2) is 16.5 Å². The van der Waals surface area contributed by atoms with E-state index in [-0.39, 0.29) is 5.82 Å². The van der Waals surface area contributed by atoms with Crippen molar-refractivity contribution in [3.63, 3.8) is 0 Å². The molecular weight excluding hydrogens is 261 g/mol. The van der Waals surface area contributed by atoms with Crippen LogP contribution in [0.5, 0.6) is 0 Å². The van der Waals surface area contributed by atoms with Crippen molar-refractivity contribution in [1.82, 2.24) is 9.97 Å². The van der Waals surface area contributed by atoms with E-state index in [1.807, 2.05) is 26.0 Å². The maximum absolute atomic E-state index is 13.9. The fraction of sp³-hybridized carbons (Fsp3) is 0.286. The number of benzene rings is 1. The van der Waals surface area contributed by atoms with Gasteiger partial charge in [-0.3, -0.25) is 0 Å². The predicted molar refractivity (Wildman–Crippen MR) is 74.8 cm³/mol. The van der Waals surface area contributed by atoms with Crippen LogP contribution in [-0.2, 0) is 6.42 Å². The van der Waals surface area contributed by atoms with Gasteiger partial charge in [-0.05, 0) is 62.3 Å². The highest BCUT2D eigenvalue weighted by atomic mass is 32.2. The summed E-state index contributed by atoms with van der Waals surface area (Å²) in [4.78, 5) is 9.12. The summed E-state index contributed by atoms with van der Waals surface area (Å²) in [6.45, 7) is 4.32. The van der Waals surface area contributed by atoms with Crippen LogP contribution in [0.1, 0.15) is 17.0 Å². The molecule has 0 fully saturated rings. The topological polar surface area (TPSA) is 51.8 Å². The van der Waals surface area contributed by atoms with Crippen molar-refractivity contribution >= 4 is 11.8 Å². The number of rotatable bonds is 4. The number of aromatic nitrogens is 2. The first-order valence-electron chi connectivity index (χ1n) is 6.07. The normalized spacial score (nSPS) is 10.7. The lowest BCUT2D eigenvalue weighted by Crippen LogP contribution is -2.03. The van der Waals surface area contributed by atoms with E-state index in [4.69, 9.17) is 5.73 Å². The fourth-order valence-corrected chi connectivity index (χ4v) is 2.66. The number of hydrogen-bond donors (Lipinski definition) is 1. The number of nitrogens with two attached hydrogens (primary N) is 1. The van der Waals surface area contributed by atoms with Crippen LogP contribution in [0.2, 0.25) is 0 Å². The first-order chi connectivity index (χ1) is 9.08. The number of aryl methyl sites for hydroxylation is 2. The summed E-state index contributed by atoms with van der Waals surface area (Å²) in [6.07, 6.45) is 0.682. The van der Waals surface area contributed by atoms with E-state index in [0.717, 1.165) is 17.0 Å². The Morgan fingerprint density at radius 3 is 2.42 bits per heavy atom. The van der Waals surface area contributed by atoms with Crippen molar-refractivity contribution in [1.29, 1.82) is 0 Å². The Balaban J connectivity index is 2.23. The van der Waals surface area contributed by atoms with Gasteiger partial charge in [0.1, 0.15) is 5.82 Å². The molecule has 5 heteroatoms. The zero-order valence-electron chi connectivity index (χ0n) is 11.0. The maximum atomic E-state index is 13.9. The van der Waals surface area contributed by atoms with Gasteiger partial charge in [-0.15, -0.1) is 0 Å². The van der Waals surface area contributed by atoms with Crippen molar-refractivity contribution in [2.75, 3.05) is 6.54 Å². The summed E-state index contributed by atoms with van der Waals surface area (Å²) in [6, 6.07) is 7.07. The van der Waals surface area contributed by atoms with Crippen molar-refractivity contribution in [2.24, 2.45) is 5.73 Å². The highest BCUT2D eigenvalue weighted by molar-refractivity contribution is 7.99.